The van der Waals surface area contributed by atoms with E-state index < -0.39 is 10.0 Å². The molecule has 2 aliphatic heterocycles. The summed E-state index contributed by atoms with van der Waals surface area (Å²) in [5, 5.41) is 1.80. The van der Waals surface area contributed by atoms with Crippen LogP contribution in [0.2, 0.25) is 0 Å². The van der Waals surface area contributed by atoms with Crippen LogP contribution >= 0.6 is 11.3 Å². The highest BCUT2D eigenvalue weighted by Gasteiger charge is 2.27. The Morgan fingerprint density at radius 3 is 2.70 bits per heavy atom. The number of nitrogens with zero attached hydrogens (tertiary/aromatic N) is 2. The average molecular weight is 406 g/mol. The van der Waals surface area contributed by atoms with Crippen molar-refractivity contribution in [3.05, 3.63) is 46.8 Å². The molecular formula is C20H27N3O2S2. The summed E-state index contributed by atoms with van der Waals surface area (Å²) in [5.41, 5.74) is 3.91. The van der Waals surface area contributed by atoms with Crippen LogP contribution < -0.4 is 9.62 Å². The highest BCUT2D eigenvalue weighted by Crippen LogP contribution is 2.32. The van der Waals surface area contributed by atoms with Crippen LogP contribution in [0.25, 0.3) is 0 Å². The fourth-order valence-corrected chi connectivity index (χ4v) is 6.28. The molecule has 0 aliphatic carbocycles. The van der Waals surface area contributed by atoms with Crippen LogP contribution in [-0.4, -0.2) is 46.5 Å². The van der Waals surface area contributed by atoms with E-state index in [1.807, 2.05) is 0 Å². The van der Waals surface area contributed by atoms with Gasteiger partial charge in [-0.25, -0.2) is 13.1 Å². The molecule has 0 amide bonds. The molecule has 1 fully saturated rings. The molecule has 0 saturated carbocycles. The third-order valence-corrected chi connectivity index (χ3v) is 8.47. The first-order chi connectivity index (χ1) is 13.0. The van der Waals surface area contributed by atoms with Gasteiger partial charge in [-0.1, -0.05) is 18.2 Å². The summed E-state index contributed by atoms with van der Waals surface area (Å²) < 4.78 is 28.4. The largest absolute Gasteiger partial charge is 0.374 e. The molecule has 1 atom stereocenters. The van der Waals surface area contributed by atoms with E-state index >= 15 is 0 Å². The molecule has 1 N–H and O–H groups in total. The Bertz CT molecular complexity index is 875. The molecule has 7 heteroatoms. The number of hydrogen-bond donors (Lipinski definition) is 1. The molecule has 0 spiro atoms. The van der Waals surface area contributed by atoms with Gasteiger partial charge in [0, 0.05) is 31.9 Å². The minimum absolute atomic E-state index is 0.0831. The molecule has 1 aromatic carbocycles. The van der Waals surface area contributed by atoms with E-state index in [9.17, 15) is 8.42 Å². The average Bonchev–Trinajstić information content (AvgIpc) is 3.36. The van der Waals surface area contributed by atoms with E-state index in [1.165, 1.54) is 47.4 Å². The Labute approximate surface area is 166 Å². The molecule has 3 heterocycles. The number of hydrogen-bond acceptors (Lipinski definition) is 5. The van der Waals surface area contributed by atoms with Crippen molar-refractivity contribution in [3.63, 3.8) is 0 Å². The van der Waals surface area contributed by atoms with Crippen LogP contribution in [0.3, 0.4) is 0 Å². The number of likely N-dealkylation sites (tertiary alicyclic amines) is 1. The predicted octanol–water partition coefficient (Wildman–Crippen LogP) is 3.25. The van der Waals surface area contributed by atoms with Crippen molar-refractivity contribution in [2.45, 2.75) is 35.9 Å². The SMILES string of the molecule is CN1CCCc2cc([C@H](CNS(=O)(=O)c3cccs3)N3CCCC3)ccc21. The summed E-state index contributed by atoms with van der Waals surface area (Å²) in [5.74, 6) is 0. The predicted molar refractivity (Wildman–Crippen MR) is 111 cm³/mol. The van der Waals surface area contributed by atoms with Gasteiger partial charge in [-0.2, -0.15) is 0 Å². The number of thiophene rings is 1. The fraction of sp³-hybridized carbons (Fsp3) is 0.500. The Morgan fingerprint density at radius 2 is 1.96 bits per heavy atom. The van der Waals surface area contributed by atoms with Crippen LogP contribution in [0, 0.1) is 0 Å². The van der Waals surface area contributed by atoms with E-state index in [4.69, 9.17) is 0 Å². The van der Waals surface area contributed by atoms with Gasteiger partial charge in [0.1, 0.15) is 4.21 Å². The van der Waals surface area contributed by atoms with Crippen molar-refractivity contribution < 1.29 is 8.42 Å². The van der Waals surface area contributed by atoms with Gasteiger partial charge in [0.2, 0.25) is 10.0 Å². The Balaban J connectivity index is 1.58. The Morgan fingerprint density at radius 1 is 1.15 bits per heavy atom. The fourth-order valence-electron chi connectivity index (χ4n) is 4.20. The molecule has 1 saturated heterocycles. The van der Waals surface area contributed by atoms with Crippen molar-refractivity contribution in [3.8, 4) is 0 Å². The lowest BCUT2D eigenvalue weighted by atomic mass is 9.96. The van der Waals surface area contributed by atoms with Gasteiger partial charge < -0.3 is 4.90 Å². The second-order valence-electron chi connectivity index (χ2n) is 7.46. The maximum absolute atomic E-state index is 12.6. The molecule has 0 unspecified atom stereocenters. The number of benzene rings is 1. The minimum atomic E-state index is -3.44. The van der Waals surface area contributed by atoms with Gasteiger partial charge in [-0.3, -0.25) is 4.90 Å². The lowest BCUT2D eigenvalue weighted by Crippen LogP contribution is -2.36. The summed E-state index contributed by atoms with van der Waals surface area (Å²) >= 11 is 1.26. The molecule has 4 rings (SSSR count). The second kappa shape index (κ2) is 7.91. The van der Waals surface area contributed by atoms with Crippen molar-refractivity contribution in [1.29, 1.82) is 0 Å². The number of anilines is 1. The Hall–Kier alpha value is -1.41. The molecule has 146 valence electrons. The lowest BCUT2D eigenvalue weighted by Gasteiger charge is -2.31. The molecular weight excluding hydrogens is 378 g/mol. The van der Waals surface area contributed by atoms with Crippen molar-refractivity contribution in [2.24, 2.45) is 0 Å². The number of fused-ring (bicyclic) bond motifs is 1. The molecule has 2 aromatic rings. The van der Waals surface area contributed by atoms with Crippen molar-refractivity contribution >= 4 is 27.0 Å². The van der Waals surface area contributed by atoms with Gasteiger partial charge in [0.05, 0.1) is 0 Å². The van der Waals surface area contributed by atoms with Gasteiger partial charge in [0.15, 0.2) is 0 Å². The zero-order valence-corrected chi connectivity index (χ0v) is 17.4. The monoisotopic (exact) mass is 405 g/mol. The molecule has 0 radical (unpaired) electrons. The smallest absolute Gasteiger partial charge is 0.250 e. The summed E-state index contributed by atoms with van der Waals surface area (Å²) in [7, 11) is -1.30. The number of sulfonamides is 1. The van der Waals surface area contributed by atoms with Crippen LogP contribution in [0.1, 0.15) is 36.4 Å². The third-order valence-electron chi connectivity index (χ3n) is 5.65. The quantitative estimate of drug-likeness (QED) is 0.802. The topological polar surface area (TPSA) is 52.7 Å². The third kappa shape index (κ3) is 4.06. The molecule has 0 bridgehead atoms. The number of rotatable bonds is 6. The number of nitrogens with one attached hydrogen (secondary N) is 1. The van der Waals surface area contributed by atoms with Gasteiger partial charge in [0.25, 0.3) is 0 Å². The van der Waals surface area contributed by atoms with Crippen LogP contribution in [0.5, 0.6) is 0 Å². The summed E-state index contributed by atoms with van der Waals surface area (Å²) in [6.45, 7) is 3.57. The standard InChI is InChI=1S/C20H27N3O2S2/c1-22-10-4-6-16-14-17(8-9-18(16)22)19(23-11-2-3-12-23)15-21-27(24,25)20-7-5-13-26-20/h5,7-9,13-14,19,21H,2-4,6,10-12,15H2,1H3/t19-/m0/s1. The highest BCUT2D eigenvalue weighted by molar-refractivity contribution is 7.91. The maximum Gasteiger partial charge on any atom is 0.250 e. The summed E-state index contributed by atoms with van der Waals surface area (Å²) in [4.78, 5) is 4.73. The van der Waals surface area contributed by atoms with E-state index in [0.29, 0.717) is 10.8 Å². The highest BCUT2D eigenvalue weighted by atomic mass is 32.2. The molecule has 1 aromatic heterocycles. The van der Waals surface area contributed by atoms with Crippen LogP contribution in [-0.2, 0) is 16.4 Å². The first-order valence-corrected chi connectivity index (χ1v) is 12.0. The molecule has 2 aliphatic rings. The van der Waals surface area contributed by atoms with Crippen molar-refractivity contribution in [1.82, 2.24) is 9.62 Å². The summed E-state index contributed by atoms with van der Waals surface area (Å²) in [6, 6.07) is 10.2. The van der Waals surface area contributed by atoms with Crippen molar-refractivity contribution in [2.75, 3.05) is 38.1 Å². The molecule has 5 nitrogen and oxygen atoms in total. The van der Waals surface area contributed by atoms with E-state index in [1.54, 1.807) is 17.5 Å². The van der Waals surface area contributed by atoms with Gasteiger partial charge in [-0.15, -0.1) is 11.3 Å². The zero-order valence-electron chi connectivity index (χ0n) is 15.7. The first-order valence-electron chi connectivity index (χ1n) is 9.66. The second-order valence-corrected chi connectivity index (χ2v) is 10.4. The van der Waals surface area contributed by atoms with Crippen LogP contribution in [0.15, 0.2) is 39.9 Å². The lowest BCUT2D eigenvalue weighted by molar-refractivity contribution is 0.246. The van der Waals surface area contributed by atoms with E-state index in [2.05, 4.69) is 39.8 Å². The summed E-state index contributed by atoms with van der Waals surface area (Å²) in [6.07, 6.45) is 4.64. The van der Waals surface area contributed by atoms with Crippen LogP contribution in [0.4, 0.5) is 5.69 Å². The zero-order chi connectivity index (χ0) is 18.9. The minimum Gasteiger partial charge on any atom is -0.374 e. The first kappa shape index (κ1) is 18.9. The maximum atomic E-state index is 12.6. The normalized spacial score (nSPS) is 19.2. The van der Waals surface area contributed by atoms with E-state index in [0.717, 1.165) is 26.1 Å². The molecule has 27 heavy (non-hydrogen) atoms. The number of aryl methyl sites for hydroxylation is 1. The van der Waals surface area contributed by atoms with E-state index in [-0.39, 0.29) is 6.04 Å². The Kier molecular flexibility index (Phi) is 5.55. The van der Waals surface area contributed by atoms with Gasteiger partial charge >= 0.3 is 0 Å². The van der Waals surface area contributed by atoms with Gasteiger partial charge in [-0.05, 0) is 67.4 Å².